The first-order chi connectivity index (χ1) is 9.58. The number of anilines is 1. The Morgan fingerprint density at radius 3 is 2.80 bits per heavy atom. The van der Waals surface area contributed by atoms with Crippen molar-refractivity contribution in [1.82, 2.24) is 10.3 Å². The summed E-state index contributed by atoms with van der Waals surface area (Å²) in [7, 11) is 0. The monoisotopic (exact) mass is 287 g/mol. The van der Waals surface area contributed by atoms with Gasteiger partial charge in [-0.1, -0.05) is 6.92 Å². The molecule has 0 fully saturated rings. The van der Waals surface area contributed by atoms with Gasteiger partial charge in [0.2, 0.25) is 0 Å². The minimum Gasteiger partial charge on any atom is -0.395 e. The Morgan fingerprint density at radius 2 is 2.20 bits per heavy atom. The molecule has 0 radical (unpaired) electrons. The van der Waals surface area contributed by atoms with Gasteiger partial charge in [-0.3, -0.25) is 0 Å². The van der Waals surface area contributed by atoms with Gasteiger partial charge >= 0.3 is 0 Å². The van der Waals surface area contributed by atoms with Gasteiger partial charge in [0.15, 0.2) is 0 Å². The normalized spacial score (nSPS) is 12.7. The number of nitrogens with one attached hydrogen (secondary N) is 1. The van der Waals surface area contributed by atoms with Crippen LogP contribution >= 0.6 is 0 Å². The van der Waals surface area contributed by atoms with E-state index in [1.54, 1.807) is 12.3 Å². The van der Waals surface area contributed by atoms with Crippen molar-refractivity contribution in [3.63, 3.8) is 0 Å². The standard InChI is InChI=1S/C14H23F2N3O/c1-3-5-17-11(2)12-4-6-18-14(9-12)19(7-8-20)10-13(15)16/h4,6,9,11,13,17,20H,3,5,7-8,10H2,1-2H3. The number of nitrogens with zero attached hydrogens (tertiary/aromatic N) is 2. The third-order valence-electron chi connectivity index (χ3n) is 3.02. The maximum Gasteiger partial charge on any atom is 0.255 e. The summed E-state index contributed by atoms with van der Waals surface area (Å²) in [5.41, 5.74) is 1.00. The lowest BCUT2D eigenvalue weighted by Crippen LogP contribution is -2.32. The molecule has 4 nitrogen and oxygen atoms in total. The van der Waals surface area contributed by atoms with Gasteiger partial charge in [0.25, 0.3) is 6.43 Å². The summed E-state index contributed by atoms with van der Waals surface area (Å²) in [4.78, 5) is 5.53. The number of aliphatic hydroxyl groups is 1. The van der Waals surface area contributed by atoms with Crippen LogP contribution in [0.3, 0.4) is 0 Å². The average molecular weight is 287 g/mol. The van der Waals surface area contributed by atoms with Crippen molar-refractivity contribution < 1.29 is 13.9 Å². The Bertz CT molecular complexity index is 390. The number of rotatable bonds is 9. The Kier molecular flexibility index (Phi) is 7.40. The van der Waals surface area contributed by atoms with E-state index in [0.717, 1.165) is 18.5 Å². The van der Waals surface area contributed by atoms with Crippen molar-refractivity contribution in [2.75, 3.05) is 31.1 Å². The highest BCUT2D eigenvalue weighted by atomic mass is 19.3. The summed E-state index contributed by atoms with van der Waals surface area (Å²) >= 11 is 0. The Balaban J connectivity index is 2.82. The first kappa shape index (κ1) is 16.8. The highest BCUT2D eigenvalue weighted by molar-refractivity contribution is 5.42. The summed E-state index contributed by atoms with van der Waals surface area (Å²) < 4.78 is 25.1. The van der Waals surface area contributed by atoms with E-state index in [1.807, 2.05) is 13.0 Å². The summed E-state index contributed by atoms with van der Waals surface area (Å²) in [6.45, 7) is 4.56. The van der Waals surface area contributed by atoms with Crippen molar-refractivity contribution in [2.24, 2.45) is 0 Å². The fourth-order valence-electron chi connectivity index (χ4n) is 1.94. The molecule has 114 valence electrons. The molecular weight excluding hydrogens is 264 g/mol. The highest BCUT2D eigenvalue weighted by Gasteiger charge is 2.15. The Labute approximate surface area is 118 Å². The van der Waals surface area contributed by atoms with Crippen LogP contribution in [-0.4, -0.2) is 42.8 Å². The molecule has 6 heteroatoms. The second-order valence-electron chi connectivity index (χ2n) is 4.68. The van der Waals surface area contributed by atoms with Crippen LogP contribution in [0, 0.1) is 0 Å². The summed E-state index contributed by atoms with van der Waals surface area (Å²) in [5, 5.41) is 12.3. The fourth-order valence-corrected chi connectivity index (χ4v) is 1.94. The number of pyridine rings is 1. The van der Waals surface area contributed by atoms with Crippen LogP contribution < -0.4 is 10.2 Å². The molecule has 1 aromatic heterocycles. The van der Waals surface area contributed by atoms with Crippen LogP contribution in [0.1, 0.15) is 31.9 Å². The second-order valence-corrected chi connectivity index (χ2v) is 4.68. The lowest BCUT2D eigenvalue weighted by molar-refractivity contribution is 0.152. The van der Waals surface area contributed by atoms with Crippen LogP contribution in [0.5, 0.6) is 0 Å². The summed E-state index contributed by atoms with van der Waals surface area (Å²) in [6, 6.07) is 3.81. The van der Waals surface area contributed by atoms with Gasteiger partial charge in [-0.05, 0) is 37.6 Å². The molecule has 2 N–H and O–H groups in total. The molecule has 0 saturated heterocycles. The summed E-state index contributed by atoms with van der Waals surface area (Å²) in [6.07, 6.45) is 0.192. The van der Waals surface area contributed by atoms with Crippen LogP contribution in [0.15, 0.2) is 18.3 Å². The van der Waals surface area contributed by atoms with Gasteiger partial charge in [-0.2, -0.15) is 0 Å². The number of aliphatic hydroxyl groups excluding tert-OH is 1. The van der Waals surface area contributed by atoms with Crippen molar-refractivity contribution >= 4 is 5.82 Å². The van der Waals surface area contributed by atoms with E-state index in [4.69, 9.17) is 5.11 Å². The first-order valence-electron chi connectivity index (χ1n) is 6.91. The molecule has 0 aromatic carbocycles. The number of hydrogen-bond acceptors (Lipinski definition) is 4. The zero-order valence-corrected chi connectivity index (χ0v) is 12.0. The third-order valence-corrected chi connectivity index (χ3v) is 3.02. The molecular formula is C14H23F2N3O. The molecule has 1 heterocycles. The van der Waals surface area contributed by atoms with E-state index in [0.29, 0.717) is 5.82 Å². The van der Waals surface area contributed by atoms with E-state index in [2.05, 4.69) is 17.2 Å². The number of halogens is 2. The molecule has 0 bridgehead atoms. The van der Waals surface area contributed by atoms with Gasteiger partial charge in [0.05, 0.1) is 13.2 Å². The molecule has 20 heavy (non-hydrogen) atoms. The molecule has 0 aliphatic heterocycles. The number of hydrogen-bond donors (Lipinski definition) is 2. The first-order valence-corrected chi connectivity index (χ1v) is 6.91. The minimum atomic E-state index is -2.46. The van der Waals surface area contributed by atoms with E-state index >= 15 is 0 Å². The third kappa shape index (κ3) is 5.38. The van der Waals surface area contributed by atoms with Gasteiger partial charge in [-0.25, -0.2) is 13.8 Å². The zero-order chi connectivity index (χ0) is 15.0. The van der Waals surface area contributed by atoms with E-state index in [-0.39, 0.29) is 19.2 Å². The van der Waals surface area contributed by atoms with E-state index < -0.39 is 13.0 Å². The van der Waals surface area contributed by atoms with Crippen LogP contribution in [-0.2, 0) is 0 Å². The topological polar surface area (TPSA) is 48.4 Å². The molecule has 1 unspecified atom stereocenters. The van der Waals surface area contributed by atoms with Gasteiger partial charge in [0, 0.05) is 18.8 Å². The number of aromatic nitrogens is 1. The fraction of sp³-hybridized carbons (Fsp3) is 0.643. The molecule has 0 aliphatic carbocycles. The largest absolute Gasteiger partial charge is 0.395 e. The summed E-state index contributed by atoms with van der Waals surface area (Å²) in [5.74, 6) is 0.474. The predicted octanol–water partition coefficient (Wildman–Crippen LogP) is 2.21. The van der Waals surface area contributed by atoms with Gasteiger partial charge in [0.1, 0.15) is 5.82 Å². The van der Waals surface area contributed by atoms with Crippen LogP contribution in [0.2, 0.25) is 0 Å². The quantitative estimate of drug-likeness (QED) is 0.731. The predicted molar refractivity (Wildman–Crippen MR) is 76.2 cm³/mol. The van der Waals surface area contributed by atoms with Crippen molar-refractivity contribution in [1.29, 1.82) is 0 Å². The average Bonchev–Trinajstić information content (AvgIpc) is 2.44. The molecule has 1 aromatic rings. The maximum atomic E-state index is 12.6. The smallest absolute Gasteiger partial charge is 0.255 e. The van der Waals surface area contributed by atoms with Gasteiger partial charge in [-0.15, -0.1) is 0 Å². The molecule has 0 saturated carbocycles. The second kappa shape index (κ2) is 8.81. The van der Waals surface area contributed by atoms with Crippen molar-refractivity contribution in [3.05, 3.63) is 23.9 Å². The lowest BCUT2D eigenvalue weighted by Gasteiger charge is -2.23. The van der Waals surface area contributed by atoms with Gasteiger partial charge < -0.3 is 15.3 Å². The molecule has 1 atom stereocenters. The Morgan fingerprint density at radius 1 is 1.45 bits per heavy atom. The molecule has 0 spiro atoms. The van der Waals surface area contributed by atoms with Crippen molar-refractivity contribution in [2.45, 2.75) is 32.7 Å². The molecule has 0 aliphatic rings. The molecule has 1 rings (SSSR count). The van der Waals surface area contributed by atoms with Crippen LogP contribution in [0.4, 0.5) is 14.6 Å². The van der Waals surface area contributed by atoms with Crippen LogP contribution in [0.25, 0.3) is 0 Å². The van der Waals surface area contributed by atoms with E-state index in [9.17, 15) is 8.78 Å². The number of alkyl halides is 2. The SMILES string of the molecule is CCCNC(C)c1ccnc(N(CCO)CC(F)F)c1. The zero-order valence-electron chi connectivity index (χ0n) is 12.0. The van der Waals surface area contributed by atoms with E-state index in [1.165, 1.54) is 4.90 Å². The lowest BCUT2D eigenvalue weighted by atomic mass is 10.1. The molecule has 0 amide bonds. The van der Waals surface area contributed by atoms with Crippen molar-refractivity contribution in [3.8, 4) is 0 Å². The Hall–Kier alpha value is -1.27. The minimum absolute atomic E-state index is 0.138. The maximum absolute atomic E-state index is 12.6. The highest BCUT2D eigenvalue weighted by Crippen LogP contribution is 2.19.